The van der Waals surface area contributed by atoms with Crippen molar-refractivity contribution in [2.45, 2.75) is 53.9 Å². The molecule has 0 radical (unpaired) electrons. The van der Waals surface area contributed by atoms with Gasteiger partial charge in [0.15, 0.2) is 0 Å². The zero-order chi connectivity index (χ0) is 16.2. The molecular formula is C16H30N4O. The van der Waals surface area contributed by atoms with Crippen LogP contribution in [0.2, 0.25) is 0 Å². The summed E-state index contributed by atoms with van der Waals surface area (Å²) in [5, 5.41) is 7.31. The summed E-state index contributed by atoms with van der Waals surface area (Å²) in [6.45, 7) is 11.2. The monoisotopic (exact) mass is 294 g/mol. The van der Waals surface area contributed by atoms with Crippen LogP contribution in [0.4, 0.5) is 5.69 Å². The van der Waals surface area contributed by atoms with Gasteiger partial charge in [0, 0.05) is 13.5 Å². The molecule has 0 aliphatic rings. The molecule has 0 fully saturated rings. The number of anilines is 1. The van der Waals surface area contributed by atoms with E-state index in [1.807, 2.05) is 20.9 Å². The minimum atomic E-state index is 0.0560. The predicted molar refractivity (Wildman–Crippen MR) is 87.2 cm³/mol. The van der Waals surface area contributed by atoms with Crippen LogP contribution in [0.5, 0.6) is 0 Å². The standard InChI is InChI=1S/C16H30N4O/c1-11-15(12(2)20(6)19-11)18-14(21)8-7-13(9-10-17)16(3,4)5/h13H,7-10,17H2,1-6H3,(H,18,21). The average molecular weight is 294 g/mol. The highest BCUT2D eigenvalue weighted by molar-refractivity contribution is 5.91. The number of nitrogens with one attached hydrogen (secondary N) is 1. The van der Waals surface area contributed by atoms with Crippen LogP contribution in [0.25, 0.3) is 0 Å². The highest BCUT2D eigenvalue weighted by Gasteiger charge is 2.24. The first kappa shape index (κ1) is 17.7. The van der Waals surface area contributed by atoms with Crippen molar-refractivity contribution < 1.29 is 4.79 Å². The number of carbonyl (C=O) groups excluding carboxylic acids is 1. The lowest BCUT2D eigenvalue weighted by Crippen LogP contribution is -2.25. The molecule has 1 aromatic rings. The molecule has 1 rings (SSSR count). The van der Waals surface area contributed by atoms with Crippen molar-refractivity contribution in [3.8, 4) is 0 Å². The normalized spacial score (nSPS) is 13.3. The molecule has 0 aliphatic heterocycles. The van der Waals surface area contributed by atoms with Crippen molar-refractivity contribution in [2.75, 3.05) is 11.9 Å². The van der Waals surface area contributed by atoms with E-state index in [9.17, 15) is 4.79 Å². The van der Waals surface area contributed by atoms with E-state index in [1.165, 1.54) is 0 Å². The molecule has 0 saturated carbocycles. The first-order valence-corrected chi connectivity index (χ1v) is 7.67. The first-order chi connectivity index (χ1) is 9.66. The Labute approximate surface area is 128 Å². The Morgan fingerprint density at radius 2 is 1.95 bits per heavy atom. The summed E-state index contributed by atoms with van der Waals surface area (Å²) in [7, 11) is 1.88. The number of amides is 1. The Hall–Kier alpha value is -1.36. The van der Waals surface area contributed by atoms with Crippen molar-refractivity contribution >= 4 is 11.6 Å². The fourth-order valence-electron chi connectivity index (χ4n) is 2.67. The number of nitrogens with zero attached hydrogens (tertiary/aromatic N) is 2. The summed E-state index contributed by atoms with van der Waals surface area (Å²) in [5.41, 5.74) is 8.55. The van der Waals surface area contributed by atoms with Crippen LogP contribution in [-0.4, -0.2) is 22.2 Å². The molecule has 0 aromatic carbocycles. The molecule has 1 heterocycles. The van der Waals surface area contributed by atoms with Gasteiger partial charge < -0.3 is 11.1 Å². The number of aromatic nitrogens is 2. The molecule has 0 spiro atoms. The van der Waals surface area contributed by atoms with E-state index in [4.69, 9.17) is 5.73 Å². The lowest BCUT2D eigenvalue weighted by molar-refractivity contribution is -0.116. The van der Waals surface area contributed by atoms with Crippen LogP contribution >= 0.6 is 0 Å². The van der Waals surface area contributed by atoms with E-state index >= 15 is 0 Å². The minimum Gasteiger partial charge on any atom is -0.330 e. The number of aryl methyl sites for hydroxylation is 2. The number of hydrogen-bond donors (Lipinski definition) is 2. The Morgan fingerprint density at radius 1 is 1.33 bits per heavy atom. The highest BCUT2D eigenvalue weighted by Crippen LogP contribution is 2.32. The van der Waals surface area contributed by atoms with E-state index in [0.717, 1.165) is 29.9 Å². The Bertz CT molecular complexity index is 485. The zero-order valence-corrected chi connectivity index (χ0v) is 14.3. The molecule has 1 amide bonds. The molecular weight excluding hydrogens is 264 g/mol. The van der Waals surface area contributed by atoms with Gasteiger partial charge in [-0.05, 0) is 44.6 Å². The Balaban J connectivity index is 2.61. The third kappa shape index (κ3) is 4.84. The van der Waals surface area contributed by atoms with Gasteiger partial charge >= 0.3 is 0 Å². The molecule has 0 aliphatic carbocycles. The van der Waals surface area contributed by atoms with E-state index < -0.39 is 0 Å². The van der Waals surface area contributed by atoms with E-state index in [2.05, 4.69) is 31.2 Å². The van der Waals surface area contributed by atoms with Crippen molar-refractivity contribution in [3.05, 3.63) is 11.4 Å². The maximum absolute atomic E-state index is 12.2. The maximum Gasteiger partial charge on any atom is 0.224 e. The van der Waals surface area contributed by atoms with Crippen molar-refractivity contribution in [2.24, 2.45) is 24.1 Å². The second-order valence-electron chi connectivity index (χ2n) is 6.90. The van der Waals surface area contributed by atoms with Crippen LogP contribution in [0.15, 0.2) is 0 Å². The average Bonchev–Trinajstić information content (AvgIpc) is 2.60. The van der Waals surface area contributed by atoms with Crippen LogP contribution in [0.1, 0.15) is 51.4 Å². The Morgan fingerprint density at radius 3 is 2.38 bits per heavy atom. The largest absolute Gasteiger partial charge is 0.330 e. The third-order valence-corrected chi connectivity index (χ3v) is 4.23. The minimum absolute atomic E-state index is 0.0560. The SMILES string of the molecule is Cc1nn(C)c(C)c1NC(=O)CCC(CCN)C(C)(C)C. The number of rotatable bonds is 6. The summed E-state index contributed by atoms with van der Waals surface area (Å²) in [4.78, 5) is 12.2. The van der Waals surface area contributed by atoms with Gasteiger partial charge in [0.25, 0.3) is 0 Å². The summed E-state index contributed by atoms with van der Waals surface area (Å²) in [5.74, 6) is 0.518. The Kier molecular flexibility index (Phi) is 5.96. The van der Waals surface area contributed by atoms with Gasteiger partial charge in [-0.15, -0.1) is 0 Å². The van der Waals surface area contributed by atoms with E-state index in [-0.39, 0.29) is 11.3 Å². The second-order valence-corrected chi connectivity index (χ2v) is 6.90. The zero-order valence-electron chi connectivity index (χ0n) is 14.3. The topological polar surface area (TPSA) is 72.9 Å². The van der Waals surface area contributed by atoms with Gasteiger partial charge in [-0.3, -0.25) is 9.48 Å². The van der Waals surface area contributed by atoms with E-state index in [0.29, 0.717) is 18.9 Å². The number of nitrogens with two attached hydrogens (primary N) is 1. The number of carbonyl (C=O) groups is 1. The van der Waals surface area contributed by atoms with Crippen molar-refractivity contribution in [1.82, 2.24) is 9.78 Å². The highest BCUT2D eigenvalue weighted by atomic mass is 16.1. The molecule has 1 aromatic heterocycles. The molecule has 5 heteroatoms. The third-order valence-electron chi connectivity index (χ3n) is 4.23. The lowest BCUT2D eigenvalue weighted by atomic mass is 9.76. The molecule has 120 valence electrons. The van der Waals surface area contributed by atoms with Gasteiger partial charge in [0.2, 0.25) is 5.91 Å². The van der Waals surface area contributed by atoms with Gasteiger partial charge in [0.1, 0.15) is 0 Å². The summed E-state index contributed by atoms with van der Waals surface area (Å²) < 4.78 is 1.79. The summed E-state index contributed by atoms with van der Waals surface area (Å²) in [6.07, 6.45) is 2.35. The molecule has 1 atom stereocenters. The van der Waals surface area contributed by atoms with Crippen LogP contribution in [0, 0.1) is 25.2 Å². The first-order valence-electron chi connectivity index (χ1n) is 7.67. The number of hydrogen-bond acceptors (Lipinski definition) is 3. The second kappa shape index (κ2) is 7.07. The van der Waals surface area contributed by atoms with Crippen molar-refractivity contribution in [3.63, 3.8) is 0 Å². The summed E-state index contributed by atoms with van der Waals surface area (Å²) in [6, 6.07) is 0. The maximum atomic E-state index is 12.2. The van der Waals surface area contributed by atoms with Crippen molar-refractivity contribution in [1.29, 1.82) is 0 Å². The fraction of sp³-hybridized carbons (Fsp3) is 0.750. The smallest absolute Gasteiger partial charge is 0.224 e. The molecule has 5 nitrogen and oxygen atoms in total. The van der Waals surface area contributed by atoms with E-state index in [1.54, 1.807) is 4.68 Å². The lowest BCUT2D eigenvalue weighted by Gasteiger charge is -2.30. The van der Waals surface area contributed by atoms with Crippen LogP contribution < -0.4 is 11.1 Å². The fourth-order valence-corrected chi connectivity index (χ4v) is 2.67. The van der Waals surface area contributed by atoms with Crippen LogP contribution in [0.3, 0.4) is 0 Å². The molecule has 1 unspecified atom stereocenters. The summed E-state index contributed by atoms with van der Waals surface area (Å²) >= 11 is 0. The quantitative estimate of drug-likeness (QED) is 0.847. The van der Waals surface area contributed by atoms with Crippen LogP contribution in [-0.2, 0) is 11.8 Å². The van der Waals surface area contributed by atoms with Gasteiger partial charge in [0.05, 0.1) is 17.1 Å². The molecule has 21 heavy (non-hydrogen) atoms. The van der Waals surface area contributed by atoms with Gasteiger partial charge in [-0.25, -0.2) is 0 Å². The molecule has 3 N–H and O–H groups in total. The molecule has 0 bridgehead atoms. The predicted octanol–water partition coefficient (Wildman–Crippen LogP) is 2.77. The molecule has 0 saturated heterocycles. The van der Waals surface area contributed by atoms with Gasteiger partial charge in [-0.1, -0.05) is 20.8 Å². The van der Waals surface area contributed by atoms with Gasteiger partial charge in [-0.2, -0.15) is 5.10 Å².